The SMILES string of the molecule is O=C(O)[C@@H]1CC2(CC2)CN1Cl. The van der Waals surface area contributed by atoms with Crippen molar-refractivity contribution in [2.24, 2.45) is 5.41 Å². The van der Waals surface area contributed by atoms with Crippen LogP contribution < -0.4 is 0 Å². The van der Waals surface area contributed by atoms with Crippen LogP contribution in [0.15, 0.2) is 0 Å². The minimum Gasteiger partial charge on any atom is -0.480 e. The molecule has 0 unspecified atom stereocenters. The molecule has 11 heavy (non-hydrogen) atoms. The number of nitrogens with zero attached hydrogens (tertiary/aromatic N) is 1. The van der Waals surface area contributed by atoms with E-state index in [0.29, 0.717) is 0 Å². The molecule has 4 heteroatoms. The van der Waals surface area contributed by atoms with Gasteiger partial charge in [-0.15, -0.1) is 0 Å². The first-order valence-electron chi connectivity index (χ1n) is 3.78. The number of hydrogen-bond donors (Lipinski definition) is 1. The summed E-state index contributed by atoms with van der Waals surface area (Å²) in [4.78, 5) is 10.6. The lowest BCUT2D eigenvalue weighted by Crippen LogP contribution is -2.28. The highest BCUT2D eigenvalue weighted by molar-refractivity contribution is 6.15. The molecule has 1 aliphatic heterocycles. The number of hydrogen-bond acceptors (Lipinski definition) is 2. The van der Waals surface area contributed by atoms with Gasteiger partial charge in [0.15, 0.2) is 0 Å². The molecule has 62 valence electrons. The van der Waals surface area contributed by atoms with Crippen LogP contribution in [0.1, 0.15) is 19.3 Å². The molecule has 1 heterocycles. The summed E-state index contributed by atoms with van der Waals surface area (Å²) in [6.45, 7) is 0.755. The molecule has 3 nitrogen and oxygen atoms in total. The Balaban J connectivity index is 2.08. The average Bonchev–Trinajstić information content (AvgIpc) is 2.54. The Kier molecular flexibility index (Phi) is 1.41. The molecule has 1 saturated heterocycles. The third-order valence-electron chi connectivity index (χ3n) is 2.69. The van der Waals surface area contributed by atoms with Crippen molar-refractivity contribution >= 4 is 17.7 Å². The molecule has 0 radical (unpaired) electrons. The largest absolute Gasteiger partial charge is 0.480 e. The van der Waals surface area contributed by atoms with Crippen molar-refractivity contribution in [3.63, 3.8) is 0 Å². The minimum atomic E-state index is -0.788. The predicted molar refractivity (Wildman–Crippen MR) is 40.3 cm³/mol. The first kappa shape index (κ1) is 7.37. The molecule has 0 bridgehead atoms. The van der Waals surface area contributed by atoms with Gasteiger partial charge in [-0.25, -0.2) is 4.42 Å². The van der Waals surface area contributed by atoms with Gasteiger partial charge in [0.2, 0.25) is 0 Å². The molecule has 1 atom stereocenters. The minimum absolute atomic E-state index is 0.283. The Morgan fingerprint density at radius 1 is 1.64 bits per heavy atom. The average molecular weight is 176 g/mol. The second-order valence-corrected chi connectivity index (χ2v) is 4.05. The standard InChI is InChI=1S/C7H10ClNO2/c8-9-4-7(1-2-7)3-5(9)6(10)11/h5H,1-4H2,(H,10,11)/t5-/m0/s1. The van der Waals surface area contributed by atoms with Crippen LogP contribution in [0.3, 0.4) is 0 Å². The second kappa shape index (κ2) is 2.11. The van der Waals surface area contributed by atoms with Gasteiger partial charge in [-0.2, -0.15) is 0 Å². The molecule has 2 fully saturated rings. The first-order chi connectivity index (χ1) is 5.13. The number of carbonyl (C=O) groups is 1. The van der Waals surface area contributed by atoms with E-state index in [9.17, 15) is 4.79 Å². The van der Waals surface area contributed by atoms with Gasteiger partial charge < -0.3 is 5.11 Å². The fourth-order valence-electron chi connectivity index (χ4n) is 1.75. The molecule has 1 N–H and O–H groups in total. The first-order valence-corrected chi connectivity index (χ1v) is 4.12. The summed E-state index contributed by atoms with van der Waals surface area (Å²) < 4.78 is 1.44. The van der Waals surface area contributed by atoms with Gasteiger partial charge in [0.25, 0.3) is 0 Å². The van der Waals surface area contributed by atoms with E-state index in [-0.39, 0.29) is 5.41 Å². The van der Waals surface area contributed by atoms with Crippen LogP contribution in [0.2, 0.25) is 0 Å². The Morgan fingerprint density at radius 3 is 2.55 bits per heavy atom. The van der Waals surface area contributed by atoms with Gasteiger partial charge in [0.1, 0.15) is 6.04 Å². The maximum atomic E-state index is 10.6. The van der Waals surface area contributed by atoms with Crippen LogP contribution in [0, 0.1) is 5.41 Å². The molecule has 0 amide bonds. The van der Waals surface area contributed by atoms with Gasteiger partial charge in [-0.1, -0.05) is 0 Å². The predicted octanol–water partition coefficient (Wildman–Crippen LogP) is 1.08. The Morgan fingerprint density at radius 2 is 2.27 bits per heavy atom. The van der Waals surface area contributed by atoms with Crippen molar-refractivity contribution in [1.82, 2.24) is 4.42 Å². The topological polar surface area (TPSA) is 40.5 Å². The Labute approximate surface area is 70.0 Å². The summed E-state index contributed by atoms with van der Waals surface area (Å²) in [5, 5.41) is 8.72. The molecule has 1 saturated carbocycles. The summed E-state index contributed by atoms with van der Waals surface area (Å²) >= 11 is 5.75. The maximum absolute atomic E-state index is 10.6. The lowest BCUT2D eigenvalue weighted by molar-refractivity contribution is -0.140. The fourth-order valence-corrected chi connectivity index (χ4v) is 2.16. The van der Waals surface area contributed by atoms with Crippen molar-refractivity contribution in [3.8, 4) is 0 Å². The van der Waals surface area contributed by atoms with E-state index in [1.807, 2.05) is 0 Å². The third kappa shape index (κ3) is 1.12. The van der Waals surface area contributed by atoms with Gasteiger partial charge in [0.05, 0.1) is 0 Å². The van der Waals surface area contributed by atoms with Gasteiger partial charge >= 0.3 is 5.97 Å². The van der Waals surface area contributed by atoms with Crippen LogP contribution in [0.4, 0.5) is 0 Å². The highest BCUT2D eigenvalue weighted by atomic mass is 35.5. The highest BCUT2D eigenvalue weighted by Crippen LogP contribution is 2.55. The highest BCUT2D eigenvalue weighted by Gasteiger charge is 2.53. The number of carboxylic acid groups (broad SMARTS) is 1. The van der Waals surface area contributed by atoms with E-state index in [4.69, 9.17) is 16.9 Å². The van der Waals surface area contributed by atoms with Crippen LogP contribution in [0.25, 0.3) is 0 Å². The number of carboxylic acids is 1. The monoisotopic (exact) mass is 175 g/mol. The van der Waals surface area contributed by atoms with Crippen molar-refractivity contribution in [1.29, 1.82) is 0 Å². The molecule has 0 aromatic rings. The van der Waals surface area contributed by atoms with Crippen molar-refractivity contribution in [2.45, 2.75) is 25.3 Å². The summed E-state index contributed by atoms with van der Waals surface area (Å²) in [6, 6.07) is -0.445. The van der Waals surface area contributed by atoms with Crippen LogP contribution >= 0.6 is 11.8 Å². The molecular weight excluding hydrogens is 166 g/mol. The molecule has 0 aromatic carbocycles. The van der Waals surface area contributed by atoms with E-state index < -0.39 is 12.0 Å². The molecule has 1 spiro atoms. The quantitative estimate of drug-likeness (QED) is 0.607. The zero-order chi connectivity index (χ0) is 8.06. The van der Waals surface area contributed by atoms with Crippen molar-refractivity contribution in [2.75, 3.05) is 6.54 Å². The zero-order valence-corrected chi connectivity index (χ0v) is 6.84. The Bertz CT molecular complexity index is 203. The molecule has 0 aromatic heterocycles. The Hall–Kier alpha value is -0.280. The molecule has 1 aliphatic carbocycles. The van der Waals surface area contributed by atoms with E-state index >= 15 is 0 Å². The summed E-state index contributed by atoms with van der Waals surface area (Å²) in [5.74, 6) is -0.788. The van der Waals surface area contributed by atoms with Crippen LogP contribution in [-0.2, 0) is 4.79 Å². The number of halogens is 1. The number of aliphatic carboxylic acids is 1. The van der Waals surface area contributed by atoms with E-state index in [2.05, 4.69) is 0 Å². The summed E-state index contributed by atoms with van der Waals surface area (Å²) in [5.41, 5.74) is 0.283. The summed E-state index contributed by atoms with van der Waals surface area (Å²) in [6.07, 6.45) is 3.05. The lowest BCUT2D eigenvalue weighted by atomic mass is 10.0. The lowest BCUT2D eigenvalue weighted by Gasteiger charge is -2.09. The van der Waals surface area contributed by atoms with Gasteiger partial charge in [0, 0.05) is 6.54 Å². The van der Waals surface area contributed by atoms with Crippen LogP contribution in [0.5, 0.6) is 0 Å². The smallest absolute Gasteiger partial charge is 0.322 e. The zero-order valence-electron chi connectivity index (χ0n) is 6.09. The van der Waals surface area contributed by atoms with Gasteiger partial charge in [-0.3, -0.25) is 4.79 Å². The van der Waals surface area contributed by atoms with E-state index in [0.717, 1.165) is 25.8 Å². The van der Waals surface area contributed by atoms with Crippen LogP contribution in [-0.4, -0.2) is 28.1 Å². The van der Waals surface area contributed by atoms with Gasteiger partial charge in [-0.05, 0) is 36.5 Å². The van der Waals surface area contributed by atoms with E-state index in [1.165, 1.54) is 4.42 Å². The number of rotatable bonds is 1. The fraction of sp³-hybridized carbons (Fsp3) is 0.857. The third-order valence-corrected chi connectivity index (χ3v) is 3.05. The molecule has 2 aliphatic rings. The normalized spacial score (nSPS) is 34.5. The van der Waals surface area contributed by atoms with E-state index in [1.54, 1.807) is 0 Å². The van der Waals surface area contributed by atoms with Crippen molar-refractivity contribution < 1.29 is 9.90 Å². The molecule has 2 rings (SSSR count). The maximum Gasteiger partial charge on any atom is 0.322 e. The molecular formula is C7H10ClNO2. The second-order valence-electron chi connectivity index (χ2n) is 3.62. The van der Waals surface area contributed by atoms with Crippen molar-refractivity contribution in [3.05, 3.63) is 0 Å². The summed E-state index contributed by atoms with van der Waals surface area (Å²) in [7, 11) is 0.